The first-order valence-electron chi connectivity index (χ1n) is 7.69. The minimum absolute atomic E-state index is 0.0212. The molecule has 1 aliphatic heterocycles. The Kier molecular flexibility index (Phi) is 4.52. The number of urea groups is 1. The van der Waals surface area contributed by atoms with Crippen molar-refractivity contribution in [2.45, 2.75) is 31.2 Å². The number of carbonyl (C=O) groups excluding carboxylic acids is 2. The van der Waals surface area contributed by atoms with Crippen molar-refractivity contribution in [1.82, 2.24) is 15.1 Å². The predicted octanol–water partition coefficient (Wildman–Crippen LogP) is 2.40. The summed E-state index contributed by atoms with van der Waals surface area (Å²) >= 11 is 1.47. The average molecular weight is 343 g/mol. The van der Waals surface area contributed by atoms with Gasteiger partial charge in [0.05, 0.1) is 5.56 Å². The van der Waals surface area contributed by atoms with E-state index in [1.165, 1.54) is 11.3 Å². The zero-order valence-electron chi connectivity index (χ0n) is 12.6. The van der Waals surface area contributed by atoms with Crippen LogP contribution in [0.1, 0.15) is 29.6 Å². The summed E-state index contributed by atoms with van der Waals surface area (Å²) in [5.41, 5.74) is 0.671. The van der Waals surface area contributed by atoms with Crippen LogP contribution in [0.3, 0.4) is 0 Å². The Morgan fingerprint density at radius 1 is 1.17 bits per heavy atom. The predicted molar refractivity (Wildman–Crippen MR) is 82.9 cm³/mol. The van der Waals surface area contributed by atoms with Gasteiger partial charge in [0.25, 0.3) is 11.8 Å². The molecule has 2 heterocycles. The van der Waals surface area contributed by atoms with Crippen molar-refractivity contribution in [1.29, 1.82) is 0 Å². The van der Waals surface area contributed by atoms with Gasteiger partial charge in [0.1, 0.15) is 0 Å². The molecule has 1 N–H and O–H groups in total. The van der Waals surface area contributed by atoms with Crippen molar-refractivity contribution in [3.63, 3.8) is 0 Å². The zero-order chi connectivity index (χ0) is 16.4. The van der Waals surface area contributed by atoms with Crippen LogP contribution in [-0.4, -0.2) is 59.9 Å². The van der Waals surface area contributed by atoms with Gasteiger partial charge in [-0.25, -0.2) is 13.6 Å². The summed E-state index contributed by atoms with van der Waals surface area (Å²) in [5.74, 6) is -2.66. The molecule has 0 aromatic carbocycles. The Labute approximate surface area is 137 Å². The molecule has 8 heteroatoms. The zero-order valence-corrected chi connectivity index (χ0v) is 13.5. The van der Waals surface area contributed by atoms with E-state index in [1.54, 1.807) is 15.9 Å². The summed E-state index contributed by atoms with van der Waals surface area (Å²) < 4.78 is 25.6. The lowest BCUT2D eigenvalue weighted by Crippen LogP contribution is -2.54. The van der Waals surface area contributed by atoms with E-state index in [9.17, 15) is 18.4 Å². The Morgan fingerprint density at radius 3 is 2.52 bits per heavy atom. The first kappa shape index (κ1) is 16.2. The number of nitrogens with one attached hydrogen (secondary N) is 1. The van der Waals surface area contributed by atoms with Gasteiger partial charge in [-0.3, -0.25) is 4.79 Å². The van der Waals surface area contributed by atoms with Crippen LogP contribution in [0.5, 0.6) is 0 Å². The van der Waals surface area contributed by atoms with Crippen molar-refractivity contribution in [2.75, 3.05) is 26.2 Å². The van der Waals surface area contributed by atoms with Crippen LogP contribution in [0.15, 0.2) is 16.8 Å². The van der Waals surface area contributed by atoms with Gasteiger partial charge in [0.2, 0.25) is 0 Å². The van der Waals surface area contributed by atoms with Crippen LogP contribution < -0.4 is 5.32 Å². The molecule has 1 aromatic heterocycles. The molecule has 1 aromatic rings. The molecule has 0 spiro atoms. The SMILES string of the molecule is O=C(NC1CC(F)(F)C1)N1CCCN(C(=O)c2ccsc2)CC1. The third-order valence-electron chi connectivity index (χ3n) is 4.26. The fourth-order valence-electron chi connectivity index (χ4n) is 2.92. The van der Waals surface area contributed by atoms with Gasteiger partial charge >= 0.3 is 6.03 Å². The van der Waals surface area contributed by atoms with Gasteiger partial charge < -0.3 is 15.1 Å². The first-order chi connectivity index (χ1) is 10.9. The molecule has 1 saturated carbocycles. The minimum atomic E-state index is -2.64. The second-order valence-corrected chi connectivity index (χ2v) is 6.84. The Bertz CT molecular complexity index is 571. The van der Waals surface area contributed by atoms with Crippen LogP contribution in [0.4, 0.5) is 13.6 Å². The maximum atomic E-state index is 12.8. The molecule has 1 saturated heterocycles. The monoisotopic (exact) mass is 343 g/mol. The molecule has 126 valence electrons. The fraction of sp³-hybridized carbons (Fsp3) is 0.600. The van der Waals surface area contributed by atoms with Crippen LogP contribution in [0.25, 0.3) is 0 Å². The number of nitrogens with zero attached hydrogens (tertiary/aromatic N) is 2. The minimum Gasteiger partial charge on any atom is -0.337 e. The Balaban J connectivity index is 1.50. The number of alkyl halides is 2. The molecule has 0 bridgehead atoms. The van der Waals surface area contributed by atoms with Crippen LogP contribution in [-0.2, 0) is 0 Å². The fourth-order valence-corrected chi connectivity index (χ4v) is 3.55. The number of rotatable bonds is 2. The molecule has 5 nitrogen and oxygen atoms in total. The van der Waals surface area contributed by atoms with Crippen LogP contribution in [0.2, 0.25) is 0 Å². The summed E-state index contributed by atoms with van der Waals surface area (Å²) in [4.78, 5) is 27.8. The van der Waals surface area contributed by atoms with Gasteiger partial charge in [-0.15, -0.1) is 0 Å². The van der Waals surface area contributed by atoms with Gasteiger partial charge in [-0.05, 0) is 17.9 Å². The number of hydrogen-bond donors (Lipinski definition) is 1. The lowest BCUT2D eigenvalue weighted by molar-refractivity contribution is -0.0902. The van der Waals surface area contributed by atoms with Crippen LogP contribution in [0, 0.1) is 0 Å². The van der Waals surface area contributed by atoms with Gasteiger partial charge in [-0.2, -0.15) is 11.3 Å². The highest BCUT2D eigenvalue weighted by molar-refractivity contribution is 7.08. The average Bonchev–Trinajstić information content (AvgIpc) is 2.88. The van der Waals surface area contributed by atoms with E-state index in [4.69, 9.17) is 0 Å². The summed E-state index contributed by atoms with van der Waals surface area (Å²) in [6.07, 6.45) is 0.120. The maximum absolute atomic E-state index is 12.8. The van der Waals surface area contributed by atoms with E-state index in [0.717, 1.165) is 0 Å². The lowest BCUT2D eigenvalue weighted by atomic mass is 9.88. The van der Waals surface area contributed by atoms with Crippen molar-refractivity contribution in [3.8, 4) is 0 Å². The van der Waals surface area contributed by atoms with E-state index in [1.807, 2.05) is 10.8 Å². The number of hydrogen-bond acceptors (Lipinski definition) is 3. The van der Waals surface area contributed by atoms with Crippen molar-refractivity contribution in [3.05, 3.63) is 22.4 Å². The highest BCUT2D eigenvalue weighted by atomic mass is 32.1. The third-order valence-corrected chi connectivity index (χ3v) is 4.94. The topological polar surface area (TPSA) is 52.7 Å². The number of thiophene rings is 1. The second kappa shape index (κ2) is 6.43. The standard InChI is InChI=1S/C15H19F2N3O2S/c16-15(17)8-12(9-15)18-14(22)20-4-1-3-19(5-6-20)13(21)11-2-7-23-10-11/h2,7,10,12H,1,3-6,8-9H2,(H,18,22). The normalized spacial score (nSPS) is 21.5. The summed E-state index contributed by atoms with van der Waals surface area (Å²) in [5, 5.41) is 6.32. The van der Waals surface area contributed by atoms with Gasteiger partial charge in [-0.1, -0.05) is 0 Å². The smallest absolute Gasteiger partial charge is 0.317 e. The molecule has 3 rings (SSSR count). The van der Waals surface area contributed by atoms with Crippen molar-refractivity contribution in [2.24, 2.45) is 0 Å². The van der Waals surface area contributed by atoms with E-state index in [2.05, 4.69) is 5.32 Å². The molecule has 2 aliphatic rings. The Morgan fingerprint density at radius 2 is 1.87 bits per heavy atom. The molecule has 0 atom stereocenters. The van der Waals surface area contributed by atoms with Crippen LogP contribution >= 0.6 is 11.3 Å². The molecular formula is C15H19F2N3O2S. The van der Waals surface area contributed by atoms with E-state index in [-0.39, 0.29) is 24.8 Å². The molecule has 1 aliphatic carbocycles. The number of halogens is 2. The van der Waals surface area contributed by atoms with E-state index in [0.29, 0.717) is 38.2 Å². The lowest BCUT2D eigenvalue weighted by Gasteiger charge is -2.36. The maximum Gasteiger partial charge on any atom is 0.317 e. The van der Waals surface area contributed by atoms with Gasteiger partial charge in [0, 0.05) is 50.4 Å². The first-order valence-corrected chi connectivity index (χ1v) is 8.64. The molecule has 2 fully saturated rings. The molecule has 0 unspecified atom stereocenters. The second-order valence-electron chi connectivity index (χ2n) is 6.06. The highest BCUT2D eigenvalue weighted by Crippen LogP contribution is 2.37. The summed E-state index contributed by atoms with van der Waals surface area (Å²) in [6.45, 7) is 2.01. The van der Waals surface area contributed by atoms with E-state index < -0.39 is 12.0 Å². The molecular weight excluding hydrogens is 324 g/mol. The third kappa shape index (κ3) is 3.80. The quantitative estimate of drug-likeness (QED) is 0.896. The molecule has 23 heavy (non-hydrogen) atoms. The number of amides is 3. The molecule has 3 amide bonds. The van der Waals surface area contributed by atoms with Crippen molar-refractivity contribution < 1.29 is 18.4 Å². The van der Waals surface area contributed by atoms with Gasteiger partial charge in [0.15, 0.2) is 0 Å². The molecule has 0 radical (unpaired) electrons. The highest BCUT2D eigenvalue weighted by Gasteiger charge is 2.46. The Hall–Kier alpha value is -1.70. The summed E-state index contributed by atoms with van der Waals surface area (Å²) in [6, 6.07) is 1.04. The van der Waals surface area contributed by atoms with E-state index >= 15 is 0 Å². The van der Waals surface area contributed by atoms with Crippen molar-refractivity contribution >= 4 is 23.3 Å². The summed E-state index contributed by atoms with van der Waals surface area (Å²) in [7, 11) is 0. The largest absolute Gasteiger partial charge is 0.337 e. The number of carbonyl (C=O) groups is 2.